The fourth-order valence-corrected chi connectivity index (χ4v) is 1.94. The Balaban J connectivity index is 0.000000483. The van der Waals surface area contributed by atoms with Crippen molar-refractivity contribution < 1.29 is 35.8 Å². The van der Waals surface area contributed by atoms with Gasteiger partial charge in [0.1, 0.15) is 11.5 Å². The van der Waals surface area contributed by atoms with E-state index < -0.39 is 0 Å². The molecule has 0 spiro atoms. The number of anilines is 2. The van der Waals surface area contributed by atoms with Gasteiger partial charge < -0.3 is 45.4 Å². The van der Waals surface area contributed by atoms with E-state index in [1.54, 1.807) is 50.6 Å². The monoisotopic (exact) mass is 451 g/mol. The van der Waals surface area contributed by atoms with Gasteiger partial charge in [0.2, 0.25) is 0 Å². The minimum atomic E-state index is -0.178. The van der Waals surface area contributed by atoms with E-state index >= 15 is 0 Å². The molecule has 2 N–H and O–H groups in total. The maximum absolute atomic E-state index is 10.9. The molecule has 2 rings (SSSR count). The molecule has 2 amide bonds. The Bertz CT molecular complexity index is 671. The van der Waals surface area contributed by atoms with Crippen molar-refractivity contribution in [1.82, 2.24) is 0 Å². The number of carbonyl (C=O) groups is 2. The van der Waals surface area contributed by atoms with E-state index in [-0.39, 0.29) is 40.1 Å². The maximum atomic E-state index is 10.9. The molecular weight excluding hydrogens is 431 g/mol. The quantitative estimate of drug-likeness (QED) is 0.657. The van der Waals surface area contributed by atoms with Gasteiger partial charge in [-0.2, -0.15) is 0 Å². The molecule has 0 aliphatic rings. The molecule has 9 heteroatoms. The molecule has 147 valence electrons. The molecule has 0 bridgehead atoms. The van der Waals surface area contributed by atoms with Gasteiger partial charge in [-0.25, -0.2) is 0 Å². The molecule has 1 radical (unpaired) electrons. The number of benzene rings is 2. The summed E-state index contributed by atoms with van der Waals surface area (Å²) in [4.78, 5) is 21.8. The van der Waals surface area contributed by atoms with E-state index in [0.29, 0.717) is 22.9 Å². The molecule has 0 heterocycles. The average molecular weight is 451 g/mol. The van der Waals surface area contributed by atoms with Crippen molar-refractivity contribution in [2.45, 2.75) is 0 Å². The van der Waals surface area contributed by atoms with E-state index in [9.17, 15) is 9.59 Å². The Kier molecular flexibility index (Phi) is 13.3. The van der Waals surface area contributed by atoms with Crippen molar-refractivity contribution in [1.29, 1.82) is 0 Å². The van der Waals surface area contributed by atoms with Crippen molar-refractivity contribution in [2.75, 3.05) is 36.4 Å². The summed E-state index contributed by atoms with van der Waals surface area (Å²) in [6.07, 6.45) is 0. The number of ether oxygens (including phenoxy) is 2. The number of nitrogens with one attached hydrogen (secondary N) is 2. The molecule has 27 heavy (non-hydrogen) atoms. The molecule has 0 unspecified atom stereocenters. The van der Waals surface area contributed by atoms with Crippen molar-refractivity contribution in [2.24, 2.45) is 0 Å². The van der Waals surface area contributed by atoms with Gasteiger partial charge in [0.25, 0.3) is 0 Å². The summed E-state index contributed by atoms with van der Waals surface area (Å²) < 4.78 is 9.99. The molecule has 0 saturated carbocycles. The molecule has 0 aliphatic carbocycles. The average Bonchev–Trinajstić information content (AvgIpc) is 2.68. The van der Waals surface area contributed by atoms with Crippen LogP contribution in [0.3, 0.4) is 0 Å². The minimum Gasteiger partial charge on any atom is -0.783 e. The van der Waals surface area contributed by atoms with Crippen LogP contribution < -0.4 is 20.1 Å². The van der Waals surface area contributed by atoms with E-state index in [1.807, 2.05) is 12.1 Å². The van der Waals surface area contributed by atoms with Crippen LogP contribution >= 0.6 is 0 Å². The second kappa shape index (κ2) is 14.3. The smallest absolute Gasteiger partial charge is 0.783 e. The van der Waals surface area contributed by atoms with Gasteiger partial charge in [0, 0.05) is 23.5 Å². The van der Waals surface area contributed by atoms with E-state index in [0.717, 1.165) is 0 Å². The molecule has 6 nitrogen and oxygen atoms in total. The number of rotatable bonds is 6. The Hall–Kier alpha value is -1.81. The molecule has 0 atom stereocenters. The zero-order valence-corrected chi connectivity index (χ0v) is 17.5. The molecule has 0 aliphatic heterocycles. The first-order valence-electron chi connectivity index (χ1n) is 7.56. The first-order valence-corrected chi connectivity index (χ1v) is 8.71. The van der Waals surface area contributed by atoms with Crippen LogP contribution in [0.4, 0.5) is 11.4 Å². The largest absolute Gasteiger partial charge is 2.00 e. The predicted molar refractivity (Wildman–Crippen MR) is 108 cm³/mol. The summed E-state index contributed by atoms with van der Waals surface area (Å²) in [5.41, 5.74) is 1.41. The normalized spacial score (nSPS) is 9.04. The topological polar surface area (TPSA) is 76.7 Å². The first kappa shape index (κ1) is 25.2. The summed E-state index contributed by atoms with van der Waals surface area (Å²) >= 11 is 9.18. The van der Waals surface area contributed by atoms with Gasteiger partial charge in [-0.05, 0) is 24.3 Å². The van der Waals surface area contributed by atoms with Crippen LogP contribution in [-0.2, 0) is 51.6 Å². The fourth-order valence-electron chi connectivity index (χ4n) is 1.80. The number of hydrogen-bond donors (Lipinski definition) is 2. The van der Waals surface area contributed by atoms with Crippen molar-refractivity contribution >= 4 is 48.4 Å². The van der Waals surface area contributed by atoms with Crippen molar-refractivity contribution in [3.8, 4) is 11.5 Å². The van der Waals surface area contributed by atoms with Crippen LogP contribution in [0.1, 0.15) is 0 Å². The van der Waals surface area contributed by atoms with Crippen LogP contribution in [0.2, 0.25) is 0 Å². The van der Waals surface area contributed by atoms with E-state index in [1.165, 1.54) is 0 Å². The zero-order valence-electron chi connectivity index (χ0n) is 14.8. The Morgan fingerprint density at radius 2 is 1.19 bits per heavy atom. The van der Waals surface area contributed by atoms with Gasteiger partial charge in [0.15, 0.2) is 11.8 Å². The Labute approximate surface area is 180 Å². The van der Waals surface area contributed by atoms with Crippen LogP contribution in [0, 0.1) is 0 Å². The molecule has 0 fully saturated rings. The minimum absolute atomic E-state index is 0. The SMILES string of the molecule is COc1cccc(NC(=O)C[S-])c1.COc1cccc(NC(=O)C[S-])c1.[Co+2]. The van der Waals surface area contributed by atoms with Gasteiger partial charge in [-0.15, -0.1) is 0 Å². The zero-order chi connectivity index (χ0) is 19.4. The number of amides is 2. The van der Waals surface area contributed by atoms with Crippen LogP contribution in [0.25, 0.3) is 0 Å². The van der Waals surface area contributed by atoms with Crippen LogP contribution in [0.15, 0.2) is 48.5 Å². The summed E-state index contributed by atoms with van der Waals surface area (Å²) in [5.74, 6) is 1.20. The summed E-state index contributed by atoms with van der Waals surface area (Å²) in [7, 11) is 3.15. The van der Waals surface area contributed by atoms with Crippen molar-refractivity contribution in [3.63, 3.8) is 0 Å². The number of carbonyl (C=O) groups excluding carboxylic acids is 2. The molecule has 0 saturated heterocycles. The van der Waals surface area contributed by atoms with E-state index in [2.05, 4.69) is 35.9 Å². The van der Waals surface area contributed by atoms with Crippen molar-refractivity contribution in [3.05, 3.63) is 48.5 Å². The van der Waals surface area contributed by atoms with Crippen LogP contribution in [0.5, 0.6) is 11.5 Å². The third-order valence-electron chi connectivity index (χ3n) is 2.97. The Morgan fingerprint density at radius 1 is 0.815 bits per heavy atom. The molecular formula is C18H20CoN2O4S2. The third kappa shape index (κ3) is 10.2. The van der Waals surface area contributed by atoms with E-state index in [4.69, 9.17) is 9.47 Å². The second-order valence-electron chi connectivity index (χ2n) is 4.85. The van der Waals surface area contributed by atoms with Gasteiger partial charge in [-0.1, -0.05) is 23.6 Å². The fraction of sp³-hybridized carbons (Fsp3) is 0.222. The van der Waals surface area contributed by atoms with Gasteiger partial charge >= 0.3 is 16.8 Å². The van der Waals surface area contributed by atoms with Gasteiger partial charge in [-0.3, -0.25) is 9.59 Å². The first-order chi connectivity index (χ1) is 12.5. The third-order valence-corrected chi connectivity index (χ3v) is 3.49. The molecule has 2 aromatic carbocycles. The molecule has 0 aromatic heterocycles. The van der Waals surface area contributed by atoms with Gasteiger partial charge in [0.05, 0.1) is 14.2 Å². The second-order valence-corrected chi connectivity index (χ2v) is 5.43. The molecule has 2 aromatic rings. The van der Waals surface area contributed by atoms with Crippen LogP contribution in [-0.4, -0.2) is 37.5 Å². The predicted octanol–water partition coefficient (Wildman–Crippen LogP) is 2.36. The maximum Gasteiger partial charge on any atom is 2.00 e. The Morgan fingerprint density at radius 3 is 1.48 bits per heavy atom. The summed E-state index contributed by atoms with van der Waals surface area (Å²) in [6.45, 7) is 0. The summed E-state index contributed by atoms with van der Waals surface area (Å²) in [5, 5.41) is 5.29. The number of hydrogen-bond acceptors (Lipinski definition) is 6. The summed E-state index contributed by atoms with van der Waals surface area (Å²) in [6, 6.07) is 14.3. The standard InChI is InChI=1S/2C9H11NO2S.Co/c2*1-12-8-4-2-3-7(5-8)10-9(11)6-13;/h2*2-5,13H,6H2,1H3,(H,10,11);/q;;+2/p-2. The number of methoxy groups -OCH3 is 2.